The fourth-order valence-corrected chi connectivity index (χ4v) is 2.00. The monoisotopic (exact) mass is 317 g/mol. The summed E-state index contributed by atoms with van der Waals surface area (Å²) in [7, 11) is 2.73. The SMILES string of the molecule is COC(=O)c1cc(NC(=O)Cc2ccc(OC)cc2)ccc1F. The van der Waals surface area contributed by atoms with Crippen molar-refractivity contribution in [2.75, 3.05) is 19.5 Å². The van der Waals surface area contributed by atoms with Crippen LogP contribution in [0.4, 0.5) is 10.1 Å². The van der Waals surface area contributed by atoms with Crippen LogP contribution in [0.1, 0.15) is 15.9 Å². The van der Waals surface area contributed by atoms with E-state index in [9.17, 15) is 14.0 Å². The molecule has 0 aliphatic heterocycles. The number of ether oxygens (including phenoxy) is 2. The fraction of sp³-hybridized carbons (Fsp3) is 0.176. The molecule has 2 rings (SSSR count). The summed E-state index contributed by atoms with van der Waals surface area (Å²) in [6.45, 7) is 0. The van der Waals surface area contributed by atoms with Crippen LogP contribution >= 0.6 is 0 Å². The van der Waals surface area contributed by atoms with Gasteiger partial charge in [-0.3, -0.25) is 4.79 Å². The van der Waals surface area contributed by atoms with E-state index in [4.69, 9.17) is 4.74 Å². The van der Waals surface area contributed by atoms with Crippen molar-refractivity contribution >= 4 is 17.6 Å². The van der Waals surface area contributed by atoms with Crippen molar-refractivity contribution in [1.29, 1.82) is 0 Å². The van der Waals surface area contributed by atoms with Gasteiger partial charge in [0.05, 0.1) is 26.2 Å². The number of amides is 1. The van der Waals surface area contributed by atoms with E-state index in [1.165, 1.54) is 12.1 Å². The first kappa shape index (κ1) is 16.5. The lowest BCUT2D eigenvalue weighted by Gasteiger charge is -2.08. The van der Waals surface area contributed by atoms with E-state index in [0.29, 0.717) is 11.4 Å². The van der Waals surface area contributed by atoms with Crippen molar-refractivity contribution in [3.8, 4) is 5.75 Å². The van der Waals surface area contributed by atoms with Crippen molar-refractivity contribution < 1.29 is 23.5 Å². The summed E-state index contributed by atoms with van der Waals surface area (Å²) in [6, 6.07) is 10.8. The van der Waals surface area contributed by atoms with Crippen LogP contribution in [0, 0.1) is 5.82 Å². The van der Waals surface area contributed by atoms with E-state index >= 15 is 0 Å². The molecule has 0 bridgehead atoms. The van der Waals surface area contributed by atoms with Crippen molar-refractivity contribution in [1.82, 2.24) is 0 Å². The molecule has 0 saturated carbocycles. The fourth-order valence-electron chi connectivity index (χ4n) is 2.00. The predicted molar refractivity (Wildman–Crippen MR) is 83.1 cm³/mol. The molecule has 0 unspecified atom stereocenters. The molecule has 23 heavy (non-hydrogen) atoms. The Hall–Kier alpha value is -2.89. The molecule has 0 aromatic heterocycles. The number of hydrogen-bond donors (Lipinski definition) is 1. The smallest absolute Gasteiger partial charge is 0.340 e. The molecular weight excluding hydrogens is 301 g/mol. The highest BCUT2D eigenvalue weighted by atomic mass is 19.1. The molecule has 0 aliphatic carbocycles. The summed E-state index contributed by atoms with van der Waals surface area (Å²) in [5.41, 5.74) is 0.902. The molecule has 120 valence electrons. The second-order valence-electron chi connectivity index (χ2n) is 4.76. The van der Waals surface area contributed by atoms with Gasteiger partial charge in [-0.05, 0) is 35.9 Å². The zero-order valence-corrected chi connectivity index (χ0v) is 12.8. The summed E-state index contributed by atoms with van der Waals surface area (Å²) in [5, 5.41) is 2.62. The summed E-state index contributed by atoms with van der Waals surface area (Å²) in [5.74, 6) is -1.08. The van der Waals surface area contributed by atoms with Crippen LogP contribution in [0.15, 0.2) is 42.5 Å². The van der Waals surface area contributed by atoms with Gasteiger partial charge in [0, 0.05) is 5.69 Å². The van der Waals surface area contributed by atoms with E-state index in [2.05, 4.69) is 10.1 Å². The van der Waals surface area contributed by atoms with Gasteiger partial charge in [0.25, 0.3) is 0 Å². The van der Waals surface area contributed by atoms with Crippen LogP contribution in [0.5, 0.6) is 5.75 Å². The predicted octanol–water partition coefficient (Wildman–Crippen LogP) is 2.80. The van der Waals surface area contributed by atoms with Crippen LogP contribution in [-0.4, -0.2) is 26.1 Å². The first-order valence-corrected chi connectivity index (χ1v) is 6.84. The Labute approximate surface area is 133 Å². The maximum Gasteiger partial charge on any atom is 0.340 e. The van der Waals surface area contributed by atoms with Crippen molar-refractivity contribution in [3.63, 3.8) is 0 Å². The molecule has 0 fully saturated rings. The molecule has 0 spiro atoms. The van der Waals surface area contributed by atoms with Gasteiger partial charge in [-0.2, -0.15) is 0 Å². The number of methoxy groups -OCH3 is 2. The summed E-state index contributed by atoms with van der Waals surface area (Å²) < 4.78 is 23.1. The minimum atomic E-state index is -0.797. The minimum Gasteiger partial charge on any atom is -0.497 e. The number of rotatable bonds is 5. The number of carbonyl (C=O) groups is 2. The molecule has 0 aliphatic rings. The molecule has 0 saturated heterocycles. The van der Waals surface area contributed by atoms with Gasteiger partial charge in [0.15, 0.2) is 0 Å². The van der Waals surface area contributed by atoms with Crippen LogP contribution in [0.2, 0.25) is 0 Å². The molecule has 0 atom stereocenters. The second-order valence-corrected chi connectivity index (χ2v) is 4.76. The van der Waals surface area contributed by atoms with Crippen LogP contribution in [-0.2, 0) is 16.0 Å². The number of benzene rings is 2. The van der Waals surface area contributed by atoms with Gasteiger partial charge in [-0.25, -0.2) is 9.18 Å². The average molecular weight is 317 g/mol. The highest BCUT2D eigenvalue weighted by Gasteiger charge is 2.14. The molecule has 0 heterocycles. The summed E-state index contributed by atoms with van der Waals surface area (Å²) >= 11 is 0. The highest BCUT2D eigenvalue weighted by Crippen LogP contribution is 2.17. The van der Waals surface area contributed by atoms with E-state index < -0.39 is 11.8 Å². The Morgan fingerprint density at radius 1 is 1.09 bits per heavy atom. The van der Waals surface area contributed by atoms with Crippen molar-refractivity contribution in [2.45, 2.75) is 6.42 Å². The Morgan fingerprint density at radius 3 is 2.39 bits per heavy atom. The molecule has 0 radical (unpaired) electrons. The maximum absolute atomic E-state index is 13.5. The first-order valence-electron chi connectivity index (χ1n) is 6.84. The van der Waals surface area contributed by atoms with Crippen molar-refractivity contribution in [2.24, 2.45) is 0 Å². The van der Waals surface area contributed by atoms with Gasteiger partial charge < -0.3 is 14.8 Å². The molecule has 2 aromatic rings. The standard InChI is InChI=1S/C17H16FNO4/c1-22-13-6-3-11(4-7-13)9-16(20)19-12-5-8-15(18)14(10-12)17(21)23-2/h3-8,10H,9H2,1-2H3,(H,19,20). The van der Waals surface area contributed by atoms with E-state index in [-0.39, 0.29) is 17.9 Å². The summed E-state index contributed by atoms with van der Waals surface area (Å²) in [4.78, 5) is 23.5. The zero-order chi connectivity index (χ0) is 16.8. The lowest BCUT2D eigenvalue weighted by molar-refractivity contribution is -0.115. The van der Waals surface area contributed by atoms with E-state index in [0.717, 1.165) is 18.7 Å². The van der Waals surface area contributed by atoms with Crippen LogP contribution in [0.3, 0.4) is 0 Å². The number of anilines is 1. The molecule has 5 nitrogen and oxygen atoms in total. The van der Waals surface area contributed by atoms with Gasteiger partial charge in [-0.15, -0.1) is 0 Å². The zero-order valence-electron chi connectivity index (χ0n) is 12.8. The Bertz CT molecular complexity index is 713. The quantitative estimate of drug-likeness (QED) is 0.861. The third kappa shape index (κ3) is 4.29. The van der Waals surface area contributed by atoms with Crippen LogP contribution < -0.4 is 10.1 Å². The number of halogens is 1. The number of nitrogens with one attached hydrogen (secondary N) is 1. The topological polar surface area (TPSA) is 64.6 Å². The molecule has 2 aromatic carbocycles. The number of carbonyl (C=O) groups excluding carboxylic acids is 2. The third-order valence-corrected chi connectivity index (χ3v) is 3.18. The van der Waals surface area contributed by atoms with Gasteiger partial charge in [-0.1, -0.05) is 12.1 Å². The third-order valence-electron chi connectivity index (χ3n) is 3.18. The lowest BCUT2D eigenvalue weighted by atomic mass is 10.1. The molecule has 1 amide bonds. The Kier molecular flexibility index (Phi) is 5.30. The van der Waals surface area contributed by atoms with E-state index in [1.54, 1.807) is 31.4 Å². The normalized spacial score (nSPS) is 10.0. The first-order chi connectivity index (χ1) is 11.0. The lowest BCUT2D eigenvalue weighted by Crippen LogP contribution is -2.15. The molecule has 6 heteroatoms. The second kappa shape index (κ2) is 7.40. The van der Waals surface area contributed by atoms with Gasteiger partial charge in [0.2, 0.25) is 5.91 Å². The maximum atomic E-state index is 13.5. The number of esters is 1. The minimum absolute atomic E-state index is 0.148. The van der Waals surface area contributed by atoms with E-state index in [1.807, 2.05) is 0 Å². The van der Waals surface area contributed by atoms with Crippen molar-refractivity contribution in [3.05, 3.63) is 59.4 Å². The largest absolute Gasteiger partial charge is 0.497 e. The Morgan fingerprint density at radius 2 is 1.78 bits per heavy atom. The van der Waals surface area contributed by atoms with Crippen LogP contribution in [0.25, 0.3) is 0 Å². The molecular formula is C17H16FNO4. The van der Waals surface area contributed by atoms with Gasteiger partial charge in [0.1, 0.15) is 11.6 Å². The molecule has 1 N–H and O–H groups in total. The highest BCUT2D eigenvalue weighted by molar-refractivity contribution is 5.95. The average Bonchev–Trinajstić information content (AvgIpc) is 2.56. The summed E-state index contributed by atoms with van der Waals surface area (Å²) in [6.07, 6.45) is 0.148. The Balaban J connectivity index is 2.06. The number of hydrogen-bond acceptors (Lipinski definition) is 4. The van der Waals surface area contributed by atoms with Gasteiger partial charge >= 0.3 is 5.97 Å².